The van der Waals surface area contributed by atoms with Gasteiger partial charge in [0.2, 0.25) is 0 Å². The summed E-state index contributed by atoms with van der Waals surface area (Å²) < 4.78 is 0. The van der Waals surface area contributed by atoms with Gasteiger partial charge in [0.1, 0.15) is 0 Å². The van der Waals surface area contributed by atoms with Gasteiger partial charge in [0.05, 0.1) is 0 Å². The molecule has 6 atom stereocenters. The lowest BCUT2D eigenvalue weighted by molar-refractivity contribution is -0.0692. The van der Waals surface area contributed by atoms with E-state index < -0.39 is 0 Å². The molecule has 21 heavy (non-hydrogen) atoms. The summed E-state index contributed by atoms with van der Waals surface area (Å²) in [6, 6.07) is 0. The molecule has 0 nitrogen and oxygen atoms in total. The Bertz CT molecular complexity index is 486. The Labute approximate surface area is 131 Å². The second-order valence-electron chi connectivity index (χ2n) is 9.34. The van der Waals surface area contributed by atoms with Crippen molar-refractivity contribution in [1.82, 2.24) is 0 Å². The van der Waals surface area contributed by atoms with Gasteiger partial charge in [-0.1, -0.05) is 44.6 Å². The first kappa shape index (κ1) is 14.1. The standard InChI is InChI=1S/C21H32/c1-14-7-11-21(4)16(12-14)13-15(2)19-17-6-5-9-20(17,3)10-8-18(19)21/h16-19H,1-2,5-13H2,3-4H3. The van der Waals surface area contributed by atoms with Crippen molar-refractivity contribution in [3.63, 3.8) is 0 Å². The van der Waals surface area contributed by atoms with E-state index in [1.807, 2.05) is 0 Å². The SMILES string of the molecule is C=C1CCC2(C)C(C1)CC(=C)C1C3CCCC3(C)CCC12. The lowest BCUT2D eigenvalue weighted by atomic mass is 9.44. The molecule has 0 aliphatic heterocycles. The molecule has 4 aliphatic carbocycles. The molecule has 6 unspecified atom stereocenters. The molecule has 0 spiro atoms. The van der Waals surface area contributed by atoms with Crippen LogP contribution >= 0.6 is 0 Å². The molecule has 0 heterocycles. The third kappa shape index (κ3) is 1.87. The van der Waals surface area contributed by atoms with Crippen LogP contribution in [0.5, 0.6) is 0 Å². The van der Waals surface area contributed by atoms with Crippen molar-refractivity contribution in [1.29, 1.82) is 0 Å². The number of rotatable bonds is 0. The third-order valence-electron chi connectivity index (χ3n) is 8.36. The number of hydrogen-bond acceptors (Lipinski definition) is 0. The summed E-state index contributed by atoms with van der Waals surface area (Å²) in [7, 11) is 0. The van der Waals surface area contributed by atoms with Crippen LogP contribution in [0.2, 0.25) is 0 Å². The molecule has 0 bridgehead atoms. The molecule has 0 amide bonds. The van der Waals surface area contributed by atoms with E-state index >= 15 is 0 Å². The smallest absolute Gasteiger partial charge is 0.0139 e. The topological polar surface area (TPSA) is 0 Å². The maximum atomic E-state index is 4.61. The lowest BCUT2D eigenvalue weighted by Crippen LogP contribution is -2.52. The van der Waals surface area contributed by atoms with Crippen LogP contribution < -0.4 is 0 Å². The van der Waals surface area contributed by atoms with Gasteiger partial charge >= 0.3 is 0 Å². The molecule has 0 aromatic rings. The minimum Gasteiger partial charge on any atom is -0.0999 e. The van der Waals surface area contributed by atoms with Crippen LogP contribution in [-0.2, 0) is 0 Å². The van der Waals surface area contributed by atoms with Crippen LogP contribution in [-0.4, -0.2) is 0 Å². The summed E-state index contributed by atoms with van der Waals surface area (Å²) >= 11 is 0. The zero-order chi connectivity index (χ0) is 14.8. The van der Waals surface area contributed by atoms with Crippen molar-refractivity contribution >= 4 is 0 Å². The summed E-state index contributed by atoms with van der Waals surface area (Å²) in [5.41, 5.74) is 4.35. The summed E-state index contributed by atoms with van der Waals surface area (Å²) in [5, 5.41) is 0. The van der Waals surface area contributed by atoms with Gasteiger partial charge in [-0.05, 0) is 85.9 Å². The molecule has 0 radical (unpaired) electrons. The highest BCUT2D eigenvalue weighted by molar-refractivity contribution is 5.22. The Kier molecular flexibility index (Phi) is 3.02. The molecular formula is C21H32. The third-order valence-corrected chi connectivity index (χ3v) is 8.36. The number of fused-ring (bicyclic) bond motifs is 5. The lowest BCUT2D eigenvalue weighted by Gasteiger charge is -2.60. The molecule has 0 aromatic carbocycles. The molecule has 0 heteroatoms. The van der Waals surface area contributed by atoms with Gasteiger partial charge in [0.15, 0.2) is 0 Å². The van der Waals surface area contributed by atoms with Gasteiger partial charge in [-0.25, -0.2) is 0 Å². The van der Waals surface area contributed by atoms with E-state index in [-0.39, 0.29) is 0 Å². The summed E-state index contributed by atoms with van der Waals surface area (Å²) in [6.45, 7) is 14.1. The molecule has 4 rings (SSSR count). The Morgan fingerprint density at radius 2 is 1.76 bits per heavy atom. The highest BCUT2D eigenvalue weighted by Crippen LogP contribution is 2.67. The molecule has 116 valence electrons. The highest BCUT2D eigenvalue weighted by Gasteiger charge is 2.58. The zero-order valence-electron chi connectivity index (χ0n) is 14.1. The van der Waals surface area contributed by atoms with Gasteiger partial charge < -0.3 is 0 Å². The van der Waals surface area contributed by atoms with E-state index in [4.69, 9.17) is 0 Å². The molecule has 4 saturated carbocycles. The zero-order valence-corrected chi connectivity index (χ0v) is 14.1. The van der Waals surface area contributed by atoms with Gasteiger partial charge in [0.25, 0.3) is 0 Å². The average Bonchev–Trinajstić information content (AvgIpc) is 2.82. The first-order valence-electron chi connectivity index (χ1n) is 9.28. The Hall–Kier alpha value is -0.520. The van der Waals surface area contributed by atoms with Crippen LogP contribution in [0.3, 0.4) is 0 Å². The van der Waals surface area contributed by atoms with Crippen molar-refractivity contribution in [2.24, 2.45) is 34.5 Å². The van der Waals surface area contributed by atoms with Crippen molar-refractivity contribution < 1.29 is 0 Å². The number of hydrogen-bond donors (Lipinski definition) is 0. The van der Waals surface area contributed by atoms with E-state index in [9.17, 15) is 0 Å². The molecular weight excluding hydrogens is 252 g/mol. The van der Waals surface area contributed by atoms with E-state index in [0.29, 0.717) is 10.8 Å². The Morgan fingerprint density at radius 1 is 0.952 bits per heavy atom. The van der Waals surface area contributed by atoms with Crippen molar-refractivity contribution in [2.45, 2.75) is 71.6 Å². The average molecular weight is 284 g/mol. The fraction of sp³-hybridized carbons (Fsp3) is 0.810. The second-order valence-corrected chi connectivity index (χ2v) is 9.34. The maximum Gasteiger partial charge on any atom is -0.0139 e. The molecule has 4 fully saturated rings. The van der Waals surface area contributed by atoms with Gasteiger partial charge in [-0.2, -0.15) is 0 Å². The Balaban J connectivity index is 1.70. The molecule has 4 aliphatic rings. The van der Waals surface area contributed by atoms with E-state index in [1.54, 1.807) is 5.57 Å². The predicted molar refractivity (Wildman–Crippen MR) is 90.0 cm³/mol. The Morgan fingerprint density at radius 3 is 2.57 bits per heavy atom. The van der Waals surface area contributed by atoms with Crippen molar-refractivity contribution in [3.8, 4) is 0 Å². The highest BCUT2D eigenvalue weighted by atomic mass is 14.6. The quantitative estimate of drug-likeness (QED) is 0.469. The summed E-state index contributed by atoms with van der Waals surface area (Å²) in [4.78, 5) is 0. The van der Waals surface area contributed by atoms with Crippen LogP contribution in [0.25, 0.3) is 0 Å². The van der Waals surface area contributed by atoms with E-state index in [0.717, 1.165) is 23.7 Å². The fourth-order valence-electron chi connectivity index (χ4n) is 7.02. The first-order valence-corrected chi connectivity index (χ1v) is 9.28. The van der Waals surface area contributed by atoms with Gasteiger partial charge in [0, 0.05) is 0 Å². The monoisotopic (exact) mass is 284 g/mol. The van der Waals surface area contributed by atoms with Crippen molar-refractivity contribution in [2.75, 3.05) is 0 Å². The molecule has 0 N–H and O–H groups in total. The number of allylic oxidation sites excluding steroid dienone is 2. The normalized spacial score (nSPS) is 53.0. The van der Waals surface area contributed by atoms with Crippen LogP contribution in [0.4, 0.5) is 0 Å². The predicted octanol–water partition coefficient (Wildman–Crippen LogP) is 6.14. The molecule has 0 saturated heterocycles. The molecule has 0 aromatic heterocycles. The van der Waals surface area contributed by atoms with E-state index in [1.165, 1.54) is 63.4 Å². The van der Waals surface area contributed by atoms with E-state index in [2.05, 4.69) is 27.0 Å². The first-order chi connectivity index (χ1) is 9.94. The minimum atomic E-state index is 0.580. The van der Waals surface area contributed by atoms with Crippen LogP contribution in [0.15, 0.2) is 24.3 Å². The fourth-order valence-corrected chi connectivity index (χ4v) is 7.02. The van der Waals surface area contributed by atoms with Crippen LogP contribution in [0, 0.1) is 34.5 Å². The van der Waals surface area contributed by atoms with Gasteiger partial charge in [-0.3, -0.25) is 0 Å². The van der Waals surface area contributed by atoms with Crippen molar-refractivity contribution in [3.05, 3.63) is 24.3 Å². The maximum absolute atomic E-state index is 4.61. The van der Waals surface area contributed by atoms with Gasteiger partial charge in [-0.15, -0.1) is 0 Å². The summed E-state index contributed by atoms with van der Waals surface area (Å²) in [5.74, 6) is 3.57. The second kappa shape index (κ2) is 4.49. The van der Waals surface area contributed by atoms with Crippen LogP contribution in [0.1, 0.15) is 71.6 Å². The minimum absolute atomic E-state index is 0.580. The largest absolute Gasteiger partial charge is 0.0999 e. The summed E-state index contributed by atoms with van der Waals surface area (Å²) in [6.07, 6.45) is 12.6.